The van der Waals surface area contributed by atoms with Crippen molar-refractivity contribution < 1.29 is 33.0 Å². The quantitative estimate of drug-likeness (QED) is 0.408. The SMILES string of the molecule is N#CCOC(=O)c1ccc(F)cc1Br.O=C(CO)CCC(=O)c1ccc(F)cc1Br. The molecule has 0 atom stereocenters. The summed E-state index contributed by atoms with van der Waals surface area (Å²) >= 11 is 6.09. The van der Waals surface area contributed by atoms with Crippen molar-refractivity contribution in [1.29, 1.82) is 5.26 Å². The molecule has 0 bridgehead atoms. The number of hydrogen-bond donors (Lipinski definition) is 1. The molecule has 0 saturated heterocycles. The van der Waals surface area contributed by atoms with Crippen molar-refractivity contribution in [2.24, 2.45) is 0 Å². The van der Waals surface area contributed by atoms with Crippen LogP contribution in [0.2, 0.25) is 0 Å². The average Bonchev–Trinajstić information content (AvgIpc) is 2.70. The topological polar surface area (TPSA) is 104 Å². The van der Waals surface area contributed by atoms with E-state index in [1.807, 2.05) is 0 Å². The Hall–Kier alpha value is -2.48. The molecular weight excluding hydrogens is 532 g/mol. The second-order valence-electron chi connectivity index (χ2n) is 5.60. The number of nitriles is 1. The summed E-state index contributed by atoms with van der Waals surface area (Å²) in [5, 5.41) is 16.7. The summed E-state index contributed by atoms with van der Waals surface area (Å²) in [4.78, 5) is 33.6. The molecule has 1 N–H and O–H groups in total. The summed E-state index contributed by atoms with van der Waals surface area (Å²) in [5.41, 5.74) is 0.536. The largest absolute Gasteiger partial charge is 0.447 e. The molecule has 0 unspecified atom stereocenters. The van der Waals surface area contributed by atoms with E-state index < -0.39 is 24.2 Å². The molecule has 0 fully saturated rings. The van der Waals surface area contributed by atoms with Crippen molar-refractivity contribution >= 4 is 49.4 Å². The minimum absolute atomic E-state index is 0.000843. The molecule has 0 heterocycles. The van der Waals surface area contributed by atoms with Crippen LogP contribution >= 0.6 is 31.9 Å². The van der Waals surface area contributed by atoms with Gasteiger partial charge in [0.25, 0.3) is 0 Å². The molecule has 0 amide bonds. The molecule has 30 heavy (non-hydrogen) atoms. The van der Waals surface area contributed by atoms with E-state index in [4.69, 9.17) is 10.4 Å². The standard InChI is InChI=1S/C11H10BrFO3.C9H5BrFNO2/c12-10-5-7(13)1-3-9(10)11(16)4-2-8(15)6-14;10-8-5-6(11)1-2-7(8)9(13)14-4-3-12/h1,3,5,14H,2,4,6H2;1-2,5H,4H2. The van der Waals surface area contributed by atoms with Crippen LogP contribution in [0, 0.1) is 23.0 Å². The zero-order valence-corrected chi connectivity index (χ0v) is 18.5. The zero-order valence-electron chi connectivity index (χ0n) is 15.3. The molecule has 2 aromatic carbocycles. The van der Waals surface area contributed by atoms with Gasteiger partial charge in [0.1, 0.15) is 24.3 Å². The Morgan fingerprint density at radius 3 is 1.97 bits per heavy atom. The molecule has 6 nitrogen and oxygen atoms in total. The summed E-state index contributed by atoms with van der Waals surface area (Å²) in [6.45, 7) is -0.874. The first kappa shape index (κ1) is 25.6. The van der Waals surface area contributed by atoms with Gasteiger partial charge in [0.2, 0.25) is 0 Å². The van der Waals surface area contributed by atoms with Crippen LogP contribution in [-0.4, -0.2) is 35.9 Å². The molecule has 0 aliphatic rings. The van der Waals surface area contributed by atoms with Crippen LogP contribution < -0.4 is 0 Å². The third-order valence-corrected chi connectivity index (χ3v) is 4.77. The Balaban J connectivity index is 0.000000303. The van der Waals surface area contributed by atoms with E-state index in [9.17, 15) is 23.2 Å². The van der Waals surface area contributed by atoms with Gasteiger partial charge in [0.15, 0.2) is 18.2 Å². The van der Waals surface area contributed by atoms with E-state index in [-0.39, 0.29) is 36.6 Å². The third-order valence-electron chi connectivity index (χ3n) is 3.46. The number of Topliss-reactive ketones (excluding diaryl/α,β-unsaturated/α-hetero) is 2. The summed E-state index contributed by atoms with van der Waals surface area (Å²) < 4.78 is 30.6. The van der Waals surface area contributed by atoms with Crippen molar-refractivity contribution in [3.8, 4) is 6.07 Å². The number of aliphatic hydroxyl groups excluding tert-OH is 1. The molecule has 2 aromatic rings. The number of halogens is 4. The average molecular weight is 547 g/mol. The van der Waals surface area contributed by atoms with Crippen LogP contribution in [0.1, 0.15) is 33.6 Å². The Bertz CT molecular complexity index is 976. The summed E-state index contributed by atoms with van der Waals surface area (Å²) in [5.74, 6) is -2.18. The molecule has 158 valence electrons. The van der Waals surface area contributed by atoms with Gasteiger partial charge in [0.05, 0.1) is 5.56 Å². The molecule has 0 radical (unpaired) electrons. The van der Waals surface area contributed by atoms with Crippen molar-refractivity contribution in [3.63, 3.8) is 0 Å². The van der Waals surface area contributed by atoms with Crippen LogP contribution in [0.3, 0.4) is 0 Å². The number of ether oxygens (including phenoxy) is 1. The maximum Gasteiger partial charge on any atom is 0.340 e. The third kappa shape index (κ3) is 8.49. The number of rotatable bonds is 7. The lowest BCUT2D eigenvalue weighted by molar-refractivity contribution is -0.121. The van der Waals surface area contributed by atoms with E-state index in [1.165, 1.54) is 24.3 Å². The highest BCUT2D eigenvalue weighted by molar-refractivity contribution is 9.10. The van der Waals surface area contributed by atoms with Gasteiger partial charge < -0.3 is 9.84 Å². The first-order valence-corrected chi connectivity index (χ1v) is 9.88. The van der Waals surface area contributed by atoms with Gasteiger partial charge in [0, 0.05) is 27.4 Å². The van der Waals surface area contributed by atoms with Gasteiger partial charge in [-0.1, -0.05) is 0 Å². The molecule has 0 aliphatic heterocycles. The minimum Gasteiger partial charge on any atom is -0.447 e. The Morgan fingerprint density at radius 2 is 1.50 bits per heavy atom. The van der Waals surface area contributed by atoms with Gasteiger partial charge in [-0.2, -0.15) is 5.26 Å². The van der Waals surface area contributed by atoms with E-state index in [0.717, 1.165) is 12.1 Å². The fourth-order valence-electron chi connectivity index (χ4n) is 2.01. The number of aliphatic hydroxyl groups is 1. The lowest BCUT2D eigenvalue weighted by Gasteiger charge is -2.03. The number of benzene rings is 2. The minimum atomic E-state index is -0.654. The van der Waals surface area contributed by atoms with Crippen molar-refractivity contribution in [2.75, 3.05) is 13.2 Å². The van der Waals surface area contributed by atoms with Crippen LogP contribution in [0.4, 0.5) is 8.78 Å². The summed E-state index contributed by atoms with van der Waals surface area (Å²) in [6, 6.07) is 9.01. The molecule has 0 spiro atoms. The Labute approximate surface area is 187 Å². The highest BCUT2D eigenvalue weighted by atomic mass is 79.9. The lowest BCUT2D eigenvalue weighted by atomic mass is 10.1. The van der Waals surface area contributed by atoms with Crippen LogP contribution in [-0.2, 0) is 9.53 Å². The molecule has 2 rings (SSSR count). The van der Waals surface area contributed by atoms with Gasteiger partial charge in [-0.25, -0.2) is 13.6 Å². The van der Waals surface area contributed by atoms with Crippen molar-refractivity contribution in [3.05, 3.63) is 68.1 Å². The molecule has 10 heteroatoms. The number of carbonyl (C=O) groups is 3. The second-order valence-corrected chi connectivity index (χ2v) is 7.31. The van der Waals surface area contributed by atoms with Crippen LogP contribution in [0.5, 0.6) is 0 Å². The fraction of sp³-hybridized carbons (Fsp3) is 0.200. The predicted molar refractivity (Wildman–Crippen MR) is 110 cm³/mol. The first-order valence-electron chi connectivity index (χ1n) is 8.29. The number of carbonyl (C=O) groups excluding carboxylic acids is 3. The zero-order chi connectivity index (χ0) is 22.7. The monoisotopic (exact) mass is 545 g/mol. The van der Waals surface area contributed by atoms with E-state index in [2.05, 4.69) is 36.6 Å². The highest BCUT2D eigenvalue weighted by Gasteiger charge is 2.13. The maximum atomic E-state index is 12.8. The van der Waals surface area contributed by atoms with Crippen LogP contribution in [0.25, 0.3) is 0 Å². The van der Waals surface area contributed by atoms with Gasteiger partial charge in [-0.15, -0.1) is 0 Å². The van der Waals surface area contributed by atoms with Gasteiger partial charge in [-0.3, -0.25) is 9.59 Å². The highest BCUT2D eigenvalue weighted by Crippen LogP contribution is 2.20. The number of hydrogen-bond acceptors (Lipinski definition) is 6. The van der Waals surface area contributed by atoms with E-state index >= 15 is 0 Å². The maximum absolute atomic E-state index is 12.8. The summed E-state index contributed by atoms with van der Waals surface area (Å²) in [6.07, 6.45) is 0.0166. The molecular formula is C20H15Br2F2NO5. The van der Waals surface area contributed by atoms with Crippen LogP contribution in [0.15, 0.2) is 45.3 Å². The van der Waals surface area contributed by atoms with Crippen molar-refractivity contribution in [2.45, 2.75) is 12.8 Å². The summed E-state index contributed by atoms with van der Waals surface area (Å²) in [7, 11) is 0. The van der Waals surface area contributed by atoms with E-state index in [1.54, 1.807) is 6.07 Å². The number of ketones is 2. The first-order chi connectivity index (χ1) is 14.2. The van der Waals surface area contributed by atoms with Crippen molar-refractivity contribution in [1.82, 2.24) is 0 Å². The second kappa shape index (κ2) is 13.0. The molecule has 0 saturated carbocycles. The van der Waals surface area contributed by atoms with Gasteiger partial charge >= 0.3 is 5.97 Å². The smallest absolute Gasteiger partial charge is 0.340 e. The lowest BCUT2D eigenvalue weighted by Crippen LogP contribution is -2.08. The molecule has 0 aromatic heterocycles. The Morgan fingerprint density at radius 1 is 0.967 bits per heavy atom. The Kier molecular flexibility index (Phi) is 11.0. The van der Waals surface area contributed by atoms with E-state index in [0.29, 0.717) is 14.5 Å². The normalized spacial score (nSPS) is 9.73. The number of nitrogens with zero attached hydrogens (tertiary/aromatic N) is 1. The number of esters is 1. The fourth-order valence-corrected chi connectivity index (χ4v) is 3.10. The van der Waals surface area contributed by atoms with Gasteiger partial charge in [-0.05, 0) is 68.3 Å². The predicted octanol–water partition coefficient (Wildman–Crippen LogP) is 4.38. The molecule has 0 aliphatic carbocycles.